The summed E-state index contributed by atoms with van der Waals surface area (Å²) in [7, 11) is 0. The van der Waals surface area contributed by atoms with Crippen molar-refractivity contribution in [2.75, 3.05) is 31.1 Å². The molecule has 2 heterocycles. The number of hydrogen-bond donors (Lipinski definition) is 1. The van der Waals surface area contributed by atoms with Crippen molar-refractivity contribution >= 4 is 11.6 Å². The Morgan fingerprint density at radius 2 is 1.90 bits per heavy atom. The summed E-state index contributed by atoms with van der Waals surface area (Å²) in [5.74, 6) is 0.500. The Kier molecular flexibility index (Phi) is 3.58. The Labute approximate surface area is 116 Å². The van der Waals surface area contributed by atoms with Crippen molar-refractivity contribution in [2.24, 2.45) is 0 Å². The number of carbonyl (C=O) groups excluding carboxylic acids is 1. The van der Waals surface area contributed by atoms with Crippen LogP contribution in [-0.2, 0) is 11.2 Å². The SMILES string of the molecule is O=C(Cc1nn[nH]n1)N1CCN(c2ccccc2)CC1. The molecule has 1 saturated heterocycles. The summed E-state index contributed by atoms with van der Waals surface area (Å²) >= 11 is 0. The van der Waals surface area contributed by atoms with E-state index in [9.17, 15) is 4.79 Å². The van der Waals surface area contributed by atoms with E-state index in [2.05, 4.69) is 37.7 Å². The predicted molar refractivity (Wildman–Crippen MR) is 73.1 cm³/mol. The van der Waals surface area contributed by atoms with Crippen LogP contribution in [0.25, 0.3) is 0 Å². The lowest BCUT2D eigenvalue weighted by atomic mass is 10.2. The lowest BCUT2D eigenvalue weighted by Gasteiger charge is -2.36. The van der Waals surface area contributed by atoms with Gasteiger partial charge in [0.2, 0.25) is 5.91 Å². The van der Waals surface area contributed by atoms with E-state index in [0.717, 1.165) is 26.2 Å². The van der Waals surface area contributed by atoms with Crippen molar-refractivity contribution in [3.05, 3.63) is 36.2 Å². The zero-order valence-corrected chi connectivity index (χ0v) is 11.1. The molecular formula is C13H16N6O. The number of H-pyrrole nitrogens is 1. The molecule has 7 heteroatoms. The molecule has 2 aromatic rings. The number of aromatic nitrogens is 4. The number of anilines is 1. The molecule has 0 saturated carbocycles. The van der Waals surface area contributed by atoms with Gasteiger partial charge in [0, 0.05) is 31.9 Å². The van der Waals surface area contributed by atoms with Crippen LogP contribution >= 0.6 is 0 Å². The Morgan fingerprint density at radius 1 is 1.15 bits per heavy atom. The maximum Gasteiger partial charge on any atom is 0.230 e. The highest BCUT2D eigenvalue weighted by molar-refractivity contribution is 5.78. The van der Waals surface area contributed by atoms with E-state index < -0.39 is 0 Å². The van der Waals surface area contributed by atoms with E-state index in [1.165, 1.54) is 5.69 Å². The molecule has 1 aromatic carbocycles. The van der Waals surface area contributed by atoms with Gasteiger partial charge in [-0.3, -0.25) is 4.79 Å². The van der Waals surface area contributed by atoms with E-state index in [1.807, 2.05) is 23.1 Å². The number of benzene rings is 1. The Hall–Kier alpha value is -2.44. The molecule has 3 rings (SSSR count). The number of aromatic amines is 1. The number of amides is 1. The summed E-state index contributed by atoms with van der Waals surface area (Å²) in [5.41, 5.74) is 1.21. The molecule has 1 fully saturated rings. The molecule has 0 spiro atoms. The average molecular weight is 272 g/mol. The number of nitrogens with one attached hydrogen (secondary N) is 1. The third-order valence-corrected chi connectivity index (χ3v) is 3.45. The van der Waals surface area contributed by atoms with E-state index >= 15 is 0 Å². The van der Waals surface area contributed by atoms with Crippen LogP contribution < -0.4 is 4.90 Å². The first-order valence-corrected chi connectivity index (χ1v) is 6.63. The number of tetrazole rings is 1. The molecule has 0 radical (unpaired) electrons. The van der Waals surface area contributed by atoms with Gasteiger partial charge < -0.3 is 9.80 Å². The summed E-state index contributed by atoms with van der Waals surface area (Å²) in [6, 6.07) is 10.3. The second-order valence-corrected chi connectivity index (χ2v) is 4.71. The molecule has 1 aromatic heterocycles. The summed E-state index contributed by atoms with van der Waals surface area (Å²) in [6.45, 7) is 3.15. The first-order valence-electron chi connectivity index (χ1n) is 6.63. The lowest BCUT2D eigenvalue weighted by molar-refractivity contribution is -0.130. The minimum absolute atomic E-state index is 0.0547. The number of piperazine rings is 1. The van der Waals surface area contributed by atoms with Gasteiger partial charge in [-0.05, 0) is 12.1 Å². The molecule has 20 heavy (non-hydrogen) atoms. The zero-order valence-electron chi connectivity index (χ0n) is 11.1. The third kappa shape index (κ3) is 2.76. The quantitative estimate of drug-likeness (QED) is 0.857. The first-order chi connectivity index (χ1) is 9.83. The molecule has 0 bridgehead atoms. The Bertz CT molecular complexity index is 548. The van der Waals surface area contributed by atoms with Crippen molar-refractivity contribution in [2.45, 2.75) is 6.42 Å². The summed E-state index contributed by atoms with van der Waals surface area (Å²) < 4.78 is 0. The third-order valence-electron chi connectivity index (χ3n) is 3.45. The molecular weight excluding hydrogens is 256 g/mol. The van der Waals surface area contributed by atoms with Crippen molar-refractivity contribution in [1.82, 2.24) is 25.5 Å². The maximum absolute atomic E-state index is 12.1. The van der Waals surface area contributed by atoms with Crippen LogP contribution in [0.2, 0.25) is 0 Å². The van der Waals surface area contributed by atoms with E-state index in [1.54, 1.807) is 0 Å². The van der Waals surface area contributed by atoms with Gasteiger partial charge in [0.1, 0.15) is 0 Å². The second kappa shape index (κ2) is 5.68. The first kappa shape index (κ1) is 12.6. The Morgan fingerprint density at radius 3 is 2.55 bits per heavy atom. The highest BCUT2D eigenvalue weighted by Crippen LogP contribution is 2.15. The number of rotatable bonds is 3. The molecule has 1 amide bonds. The summed E-state index contributed by atoms with van der Waals surface area (Å²) in [5, 5.41) is 13.4. The largest absolute Gasteiger partial charge is 0.368 e. The molecule has 0 atom stereocenters. The van der Waals surface area contributed by atoms with Crippen LogP contribution in [0.3, 0.4) is 0 Å². The van der Waals surface area contributed by atoms with Gasteiger partial charge >= 0.3 is 0 Å². The smallest absolute Gasteiger partial charge is 0.230 e. The minimum Gasteiger partial charge on any atom is -0.368 e. The van der Waals surface area contributed by atoms with E-state index in [-0.39, 0.29) is 12.3 Å². The van der Waals surface area contributed by atoms with Crippen molar-refractivity contribution in [3.8, 4) is 0 Å². The van der Waals surface area contributed by atoms with Crippen molar-refractivity contribution in [1.29, 1.82) is 0 Å². The topological polar surface area (TPSA) is 78.0 Å². The lowest BCUT2D eigenvalue weighted by Crippen LogP contribution is -2.49. The number of para-hydroxylation sites is 1. The van der Waals surface area contributed by atoms with Crippen molar-refractivity contribution in [3.63, 3.8) is 0 Å². The molecule has 0 unspecified atom stereocenters. The molecule has 1 N–H and O–H groups in total. The highest BCUT2D eigenvalue weighted by Gasteiger charge is 2.22. The molecule has 7 nitrogen and oxygen atoms in total. The van der Waals surface area contributed by atoms with Gasteiger partial charge in [0.25, 0.3) is 0 Å². The number of hydrogen-bond acceptors (Lipinski definition) is 5. The van der Waals surface area contributed by atoms with Crippen LogP contribution in [-0.4, -0.2) is 57.6 Å². The van der Waals surface area contributed by atoms with Crippen LogP contribution in [0.15, 0.2) is 30.3 Å². The normalized spacial score (nSPS) is 15.4. The van der Waals surface area contributed by atoms with Gasteiger partial charge in [-0.15, -0.1) is 10.2 Å². The Balaban J connectivity index is 1.54. The standard InChI is InChI=1S/C13H16N6O/c20-13(10-12-14-16-17-15-12)19-8-6-18(7-9-19)11-4-2-1-3-5-11/h1-5H,6-10H2,(H,14,15,16,17). The summed E-state index contributed by atoms with van der Waals surface area (Å²) in [4.78, 5) is 16.2. The number of carbonyl (C=O) groups is 1. The molecule has 1 aliphatic heterocycles. The fourth-order valence-electron chi connectivity index (χ4n) is 2.36. The van der Waals surface area contributed by atoms with Crippen LogP contribution in [0.4, 0.5) is 5.69 Å². The van der Waals surface area contributed by atoms with E-state index in [4.69, 9.17) is 0 Å². The molecule has 104 valence electrons. The summed E-state index contributed by atoms with van der Waals surface area (Å²) in [6.07, 6.45) is 0.210. The number of nitrogens with zero attached hydrogens (tertiary/aromatic N) is 5. The highest BCUT2D eigenvalue weighted by atomic mass is 16.2. The fourth-order valence-corrected chi connectivity index (χ4v) is 2.36. The zero-order chi connectivity index (χ0) is 13.8. The minimum atomic E-state index is 0.0547. The average Bonchev–Trinajstić information content (AvgIpc) is 3.01. The van der Waals surface area contributed by atoms with Gasteiger partial charge in [0.05, 0.1) is 6.42 Å². The van der Waals surface area contributed by atoms with Crippen LogP contribution in [0.1, 0.15) is 5.82 Å². The fraction of sp³-hybridized carbons (Fsp3) is 0.385. The predicted octanol–water partition coefficient (Wildman–Crippen LogP) is 0.0910. The van der Waals surface area contributed by atoms with Gasteiger partial charge in [-0.25, -0.2) is 0 Å². The van der Waals surface area contributed by atoms with Gasteiger partial charge in [-0.1, -0.05) is 23.4 Å². The monoisotopic (exact) mass is 272 g/mol. The molecule has 1 aliphatic rings. The van der Waals surface area contributed by atoms with Crippen LogP contribution in [0.5, 0.6) is 0 Å². The van der Waals surface area contributed by atoms with Gasteiger partial charge in [0.15, 0.2) is 5.82 Å². The second-order valence-electron chi connectivity index (χ2n) is 4.71. The van der Waals surface area contributed by atoms with Crippen molar-refractivity contribution < 1.29 is 4.79 Å². The van der Waals surface area contributed by atoms with Gasteiger partial charge in [-0.2, -0.15) is 5.21 Å². The molecule has 0 aliphatic carbocycles. The van der Waals surface area contributed by atoms with Crippen LogP contribution in [0, 0.1) is 0 Å². The van der Waals surface area contributed by atoms with E-state index in [0.29, 0.717) is 5.82 Å². The maximum atomic E-state index is 12.1.